The topological polar surface area (TPSA) is 38.8 Å². The van der Waals surface area contributed by atoms with Crippen LogP contribution in [0.1, 0.15) is 24.8 Å². The summed E-state index contributed by atoms with van der Waals surface area (Å²) in [5.41, 5.74) is 2.04. The molecule has 2 atom stereocenters. The van der Waals surface area contributed by atoms with Gasteiger partial charge in [0.05, 0.1) is 14.2 Å². The van der Waals surface area contributed by atoms with Crippen molar-refractivity contribution in [2.75, 3.05) is 27.8 Å². The number of hydrogen-bond donors (Lipinski definition) is 0. The van der Waals surface area contributed by atoms with Gasteiger partial charge < -0.3 is 14.4 Å². The number of rotatable bonds is 6. The number of hydrogen-bond acceptors (Lipinski definition) is 3. The molecule has 1 fully saturated rings. The van der Waals surface area contributed by atoms with Crippen LogP contribution in [0.4, 0.5) is 0 Å². The summed E-state index contributed by atoms with van der Waals surface area (Å²) >= 11 is 0. The molecule has 0 unspecified atom stereocenters. The molecule has 1 aliphatic rings. The highest BCUT2D eigenvalue weighted by molar-refractivity contribution is 5.83. The quantitative estimate of drug-likeness (QED) is 0.756. The average molecular weight is 289 g/mol. The summed E-state index contributed by atoms with van der Waals surface area (Å²) in [5, 5.41) is 0. The highest BCUT2D eigenvalue weighted by atomic mass is 16.5. The lowest BCUT2D eigenvalue weighted by molar-refractivity contribution is -0.130. The SMILES string of the molecule is C=C(C)CN(C)C(=O)[C@H]1C[C@H]1c1cc(OC)ccc1OC. The van der Waals surface area contributed by atoms with Gasteiger partial charge in [-0.05, 0) is 31.5 Å². The van der Waals surface area contributed by atoms with Gasteiger partial charge >= 0.3 is 0 Å². The molecular weight excluding hydrogens is 266 g/mol. The molecule has 1 aromatic carbocycles. The number of likely N-dealkylation sites (N-methyl/N-ethyl adjacent to an activating group) is 1. The Bertz CT molecular complexity index is 553. The van der Waals surface area contributed by atoms with Crippen molar-refractivity contribution in [1.29, 1.82) is 0 Å². The van der Waals surface area contributed by atoms with Gasteiger partial charge in [-0.1, -0.05) is 12.2 Å². The normalized spacial score (nSPS) is 19.8. The summed E-state index contributed by atoms with van der Waals surface area (Å²) < 4.78 is 10.7. The number of carbonyl (C=O) groups is 1. The summed E-state index contributed by atoms with van der Waals surface area (Å²) in [5.74, 6) is 2.04. The third kappa shape index (κ3) is 3.38. The lowest BCUT2D eigenvalue weighted by Gasteiger charge is -2.17. The summed E-state index contributed by atoms with van der Waals surface area (Å²) in [7, 11) is 5.12. The largest absolute Gasteiger partial charge is 0.497 e. The maximum Gasteiger partial charge on any atom is 0.226 e. The molecule has 4 heteroatoms. The van der Waals surface area contributed by atoms with Crippen LogP contribution >= 0.6 is 0 Å². The smallest absolute Gasteiger partial charge is 0.226 e. The second kappa shape index (κ2) is 6.20. The fourth-order valence-electron chi connectivity index (χ4n) is 2.71. The van der Waals surface area contributed by atoms with E-state index < -0.39 is 0 Å². The Morgan fingerprint density at radius 2 is 2.10 bits per heavy atom. The Hall–Kier alpha value is -1.97. The van der Waals surface area contributed by atoms with E-state index >= 15 is 0 Å². The molecule has 0 saturated heterocycles. The minimum absolute atomic E-state index is 0.0374. The third-order valence-corrected chi connectivity index (χ3v) is 3.83. The first-order valence-corrected chi connectivity index (χ1v) is 7.09. The molecule has 0 N–H and O–H groups in total. The second-order valence-corrected chi connectivity index (χ2v) is 5.71. The number of carbonyl (C=O) groups excluding carboxylic acids is 1. The van der Waals surface area contributed by atoms with Gasteiger partial charge in [0.25, 0.3) is 0 Å². The standard InChI is InChI=1S/C17H23NO3/c1-11(2)10-18(3)17(19)15-9-13(15)14-8-12(20-4)6-7-16(14)21-5/h6-8,13,15H,1,9-10H2,2-5H3/t13-,15-/m0/s1. The van der Waals surface area contributed by atoms with Crippen LogP contribution in [0, 0.1) is 5.92 Å². The van der Waals surface area contributed by atoms with Crippen molar-refractivity contribution in [2.45, 2.75) is 19.3 Å². The number of amides is 1. The maximum atomic E-state index is 12.4. The van der Waals surface area contributed by atoms with Crippen molar-refractivity contribution in [3.63, 3.8) is 0 Å². The number of ether oxygens (including phenoxy) is 2. The molecule has 1 aliphatic carbocycles. The van der Waals surface area contributed by atoms with Crippen molar-refractivity contribution in [2.24, 2.45) is 5.92 Å². The Labute approximate surface area is 126 Å². The highest BCUT2D eigenvalue weighted by Crippen LogP contribution is 2.51. The van der Waals surface area contributed by atoms with Crippen molar-refractivity contribution in [1.82, 2.24) is 4.90 Å². The molecule has 0 heterocycles. The molecule has 21 heavy (non-hydrogen) atoms. The maximum absolute atomic E-state index is 12.4. The van der Waals surface area contributed by atoms with Crippen LogP contribution in [-0.4, -0.2) is 38.6 Å². The molecule has 0 bridgehead atoms. The van der Waals surface area contributed by atoms with Gasteiger partial charge in [-0.25, -0.2) is 0 Å². The Balaban J connectivity index is 2.12. The van der Waals surface area contributed by atoms with Crippen molar-refractivity contribution >= 4 is 5.91 Å². The number of methoxy groups -OCH3 is 2. The lowest BCUT2D eigenvalue weighted by Crippen LogP contribution is -2.29. The fourth-order valence-corrected chi connectivity index (χ4v) is 2.71. The highest BCUT2D eigenvalue weighted by Gasteiger charge is 2.46. The van der Waals surface area contributed by atoms with Gasteiger partial charge in [0.2, 0.25) is 5.91 Å². The molecule has 1 amide bonds. The van der Waals surface area contributed by atoms with E-state index in [1.54, 1.807) is 19.1 Å². The first-order valence-electron chi connectivity index (χ1n) is 7.09. The van der Waals surface area contributed by atoms with Crippen LogP contribution in [0.2, 0.25) is 0 Å². The molecule has 114 valence electrons. The summed E-state index contributed by atoms with van der Waals surface area (Å²) in [6, 6.07) is 5.73. The molecule has 1 aromatic rings. The van der Waals surface area contributed by atoms with E-state index in [0.29, 0.717) is 6.54 Å². The van der Waals surface area contributed by atoms with Gasteiger partial charge in [-0.2, -0.15) is 0 Å². The molecule has 0 spiro atoms. The Morgan fingerprint density at radius 1 is 1.38 bits per heavy atom. The second-order valence-electron chi connectivity index (χ2n) is 5.71. The predicted octanol–water partition coefficient (Wildman–Crippen LogP) is 2.84. The molecular formula is C17H23NO3. The van der Waals surface area contributed by atoms with Crippen LogP contribution in [0.5, 0.6) is 11.5 Å². The first kappa shape index (κ1) is 15.4. The van der Waals surface area contributed by atoms with Gasteiger partial charge in [-0.3, -0.25) is 4.79 Å². The van der Waals surface area contributed by atoms with E-state index in [-0.39, 0.29) is 17.7 Å². The van der Waals surface area contributed by atoms with Crippen LogP contribution < -0.4 is 9.47 Å². The van der Waals surface area contributed by atoms with E-state index in [1.807, 2.05) is 32.2 Å². The zero-order valence-electron chi connectivity index (χ0n) is 13.2. The molecule has 0 radical (unpaired) electrons. The Morgan fingerprint density at radius 3 is 2.67 bits per heavy atom. The van der Waals surface area contributed by atoms with Gasteiger partial charge in [0.1, 0.15) is 11.5 Å². The van der Waals surface area contributed by atoms with Crippen LogP contribution in [0.3, 0.4) is 0 Å². The Kier molecular flexibility index (Phi) is 4.56. The zero-order chi connectivity index (χ0) is 15.6. The van der Waals surface area contributed by atoms with E-state index in [0.717, 1.165) is 29.1 Å². The first-order chi connectivity index (χ1) is 9.97. The van der Waals surface area contributed by atoms with Gasteiger partial charge in [0.15, 0.2) is 0 Å². The molecule has 0 aliphatic heterocycles. The summed E-state index contributed by atoms with van der Waals surface area (Å²) in [6.07, 6.45) is 0.864. The van der Waals surface area contributed by atoms with Gasteiger partial charge in [0, 0.05) is 31.0 Å². The van der Waals surface area contributed by atoms with E-state index in [1.165, 1.54) is 0 Å². The van der Waals surface area contributed by atoms with Crippen LogP contribution in [0.15, 0.2) is 30.4 Å². The number of nitrogens with zero attached hydrogens (tertiary/aromatic N) is 1. The minimum atomic E-state index is 0.0374. The summed E-state index contributed by atoms with van der Waals surface area (Å²) in [4.78, 5) is 14.1. The zero-order valence-corrected chi connectivity index (χ0v) is 13.2. The monoisotopic (exact) mass is 289 g/mol. The summed E-state index contributed by atoms with van der Waals surface area (Å²) in [6.45, 7) is 6.39. The number of benzene rings is 1. The predicted molar refractivity (Wildman–Crippen MR) is 82.8 cm³/mol. The molecule has 2 rings (SSSR count). The fraction of sp³-hybridized carbons (Fsp3) is 0.471. The van der Waals surface area contributed by atoms with Crippen molar-refractivity contribution < 1.29 is 14.3 Å². The lowest BCUT2D eigenvalue weighted by atomic mass is 10.1. The van der Waals surface area contributed by atoms with Crippen LogP contribution in [-0.2, 0) is 4.79 Å². The van der Waals surface area contributed by atoms with E-state index in [9.17, 15) is 4.79 Å². The minimum Gasteiger partial charge on any atom is -0.497 e. The van der Waals surface area contributed by atoms with Crippen molar-refractivity contribution in [3.8, 4) is 11.5 Å². The molecule has 4 nitrogen and oxygen atoms in total. The van der Waals surface area contributed by atoms with E-state index in [2.05, 4.69) is 6.58 Å². The average Bonchev–Trinajstić information content (AvgIpc) is 3.25. The molecule has 0 aromatic heterocycles. The van der Waals surface area contributed by atoms with Gasteiger partial charge in [-0.15, -0.1) is 0 Å². The third-order valence-electron chi connectivity index (χ3n) is 3.83. The van der Waals surface area contributed by atoms with Crippen molar-refractivity contribution in [3.05, 3.63) is 35.9 Å². The molecule has 1 saturated carbocycles. The van der Waals surface area contributed by atoms with Crippen LogP contribution in [0.25, 0.3) is 0 Å². The van der Waals surface area contributed by atoms with E-state index in [4.69, 9.17) is 9.47 Å².